The van der Waals surface area contributed by atoms with Crippen molar-refractivity contribution in [1.29, 1.82) is 0 Å². The van der Waals surface area contributed by atoms with Gasteiger partial charge in [0.15, 0.2) is 0 Å². The van der Waals surface area contributed by atoms with Crippen LogP contribution in [0.4, 0.5) is 0 Å². The molecule has 1 aromatic carbocycles. The highest BCUT2D eigenvalue weighted by atomic mass is 16.5. The van der Waals surface area contributed by atoms with Crippen LogP contribution in [0.25, 0.3) is 0 Å². The third kappa shape index (κ3) is 3.46. The number of aliphatic hydroxyl groups is 2. The molecule has 0 aliphatic rings. The van der Waals surface area contributed by atoms with Crippen LogP contribution < -0.4 is 0 Å². The highest BCUT2D eigenvalue weighted by Gasteiger charge is 2.13. The average Bonchev–Trinajstić information content (AvgIpc) is 2.20. The zero-order valence-electron chi connectivity index (χ0n) is 8.26. The fraction of sp³-hybridized carbons (Fsp3) is 0.455. The van der Waals surface area contributed by atoms with Crippen molar-refractivity contribution in [2.45, 2.75) is 25.7 Å². The molecule has 1 rings (SSSR count). The van der Waals surface area contributed by atoms with Gasteiger partial charge in [-0.15, -0.1) is 0 Å². The molecule has 0 radical (unpaired) electrons. The predicted octanol–water partition coefficient (Wildman–Crippen LogP) is 0.945. The van der Waals surface area contributed by atoms with Crippen LogP contribution in [-0.4, -0.2) is 29.0 Å². The van der Waals surface area contributed by atoms with Crippen molar-refractivity contribution in [3.05, 3.63) is 35.9 Å². The van der Waals surface area contributed by atoms with Crippen molar-refractivity contribution >= 4 is 0 Å². The SMILES string of the molecule is CC(O)[C@@H](CO)OCc1ccccc1. The highest BCUT2D eigenvalue weighted by Crippen LogP contribution is 2.05. The second-order valence-electron chi connectivity index (χ2n) is 3.26. The summed E-state index contributed by atoms with van der Waals surface area (Å²) in [6.45, 7) is 1.85. The lowest BCUT2D eigenvalue weighted by atomic mass is 10.2. The standard InChI is InChI=1S/C11H16O3/c1-9(13)11(7-12)14-8-10-5-3-2-4-6-10/h2-6,9,11-13H,7-8H2,1H3/t9?,11-/m1/s1. The van der Waals surface area contributed by atoms with E-state index < -0.39 is 12.2 Å². The van der Waals surface area contributed by atoms with Crippen LogP contribution in [0.2, 0.25) is 0 Å². The Morgan fingerprint density at radius 2 is 1.93 bits per heavy atom. The third-order valence-corrected chi connectivity index (χ3v) is 2.02. The van der Waals surface area contributed by atoms with Gasteiger partial charge in [-0.3, -0.25) is 0 Å². The second-order valence-corrected chi connectivity index (χ2v) is 3.26. The van der Waals surface area contributed by atoms with Gasteiger partial charge < -0.3 is 14.9 Å². The topological polar surface area (TPSA) is 49.7 Å². The Balaban J connectivity index is 2.40. The van der Waals surface area contributed by atoms with Gasteiger partial charge >= 0.3 is 0 Å². The number of ether oxygens (including phenoxy) is 1. The van der Waals surface area contributed by atoms with Crippen LogP contribution in [0.5, 0.6) is 0 Å². The van der Waals surface area contributed by atoms with Crippen LogP contribution >= 0.6 is 0 Å². The smallest absolute Gasteiger partial charge is 0.107 e. The molecule has 2 atom stereocenters. The molecule has 0 aromatic heterocycles. The highest BCUT2D eigenvalue weighted by molar-refractivity contribution is 5.13. The van der Waals surface area contributed by atoms with Crippen molar-refractivity contribution in [2.75, 3.05) is 6.61 Å². The van der Waals surface area contributed by atoms with Crippen molar-refractivity contribution < 1.29 is 14.9 Å². The normalized spacial score (nSPS) is 15.1. The Morgan fingerprint density at radius 3 is 2.43 bits per heavy atom. The summed E-state index contributed by atoms with van der Waals surface area (Å²) in [5, 5.41) is 18.1. The number of aliphatic hydroxyl groups excluding tert-OH is 2. The first-order valence-corrected chi connectivity index (χ1v) is 4.68. The molecule has 0 saturated heterocycles. The molecule has 0 amide bonds. The summed E-state index contributed by atoms with van der Waals surface area (Å²) < 4.78 is 5.34. The van der Waals surface area contributed by atoms with Crippen molar-refractivity contribution in [3.63, 3.8) is 0 Å². The molecule has 0 saturated carbocycles. The molecule has 0 aliphatic carbocycles. The molecule has 0 bridgehead atoms. The molecule has 2 N–H and O–H groups in total. The maximum atomic E-state index is 9.21. The minimum atomic E-state index is -0.649. The van der Waals surface area contributed by atoms with Crippen molar-refractivity contribution in [1.82, 2.24) is 0 Å². The minimum absolute atomic E-state index is 0.162. The van der Waals surface area contributed by atoms with E-state index in [0.29, 0.717) is 6.61 Å². The number of rotatable bonds is 5. The van der Waals surface area contributed by atoms with Gasteiger partial charge in [0.05, 0.1) is 19.3 Å². The Morgan fingerprint density at radius 1 is 1.29 bits per heavy atom. The minimum Gasteiger partial charge on any atom is -0.394 e. The molecule has 0 aliphatic heterocycles. The first-order chi connectivity index (χ1) is 6.74. The molecule has 1 aromatic rings. The van der Waals surface area contributed by atoms with E-state index in [9.17, 15) is 5.11 Å². The van der Waals surface area contributed by atoms with Gasteiger partial charge in [0.2, 0.25) is 0 Å². The molecule has 0 spiro atoms. The Labute approximate surface area is 84.0 Å². The lowest BCUT2D eigenvalue weighted by Gasteiger charge is -2.17. The number of hydrogen-bond acceptors (Lipinski definition) is 3. The molecule has 1 unspecified atom stereocenters. The maximum absolute atomic E-state index is 9.21. The summed E-state index contributed by atoms with van der Waals surface area (Å²) in [6, 6.07) is 9.67. The second kappa shape index (κ2) is 5.75. The van der Waals surface area contributed by atoms with E-state index in [4.69, 9.17) is 9.84 Å². The van der Waals surface area contributed by atoms with E-state index >= 15 is 0 Å². The quantitative estimate of drug-likeness (QED) is 0.737. The summed E-state index contributed by atoms with van der Waals surface area (Å²) in [6.07, 6.45) is -1.15. The number of hydrogen-bond donors (Lipinski definition) is 2. The molecular formula is C11H16O3. The summed E-state index contributed by atoms with van der Waals surface area (Å²) in [4.78, 5) is 0. The van der Waals surface area contributed by atoms with E-state index in [1.54, 1.807) is 6.92 Å². The lowest BCUT2D eigenvalue weighted by molar-refractivity contribution is -0.0638. The average molecular weight is 196 g/mol. The first-order valence-electron chi connectivity index (χ1n) is 4.68. The Kier molecular flexibility index (Phi) is 4.59. The van der Waals surface area contributed by atoms with Crippen LogP contribution in [0, 0.1) is 0 Å². The van der Waals surface area contributed by atoms with Gasteiger partial charge in [-0.2, -0.15) is 0 Å². The van der Waals surface area contributed by atoms with Gasteiger partial charge in [-0.05, 0) is 12.5 Å². The van der Waals surface area contributed by atoms with E-state index in [1.165, 1.54) is 0 Å². The van der Waals surface area contributed by atoms with Crippen molar-refractivity contribution in [2.24, 2.45) is 0 Å². The van der Waals surface area contributed by atoms with E-state index in [0.717, 1.165) is 5.56 Å². The first kappa shape index (κ1) is 11.2. The zero-order valence-corrected chi connectivity index (χ0v) is 8.26. The molecule has 0 heterocycles. The van der Waals surface area contributed by atoms with Gasteiger partial charge in [-0.25, -0.2) is 0 Å². The zero-order chi connectivity index (χ0) is 10.4. The lowest BCUT2D eigenvalue weighted by Crippen LogP contribution is -2.29. The molecule has 0 fully saturated rings. The van der Waals surface area contributed by atoms with Crippen LogP contribution in [0.3, 0.4) is 0 Å². The monoisotopic (exact) mass is 196 g/mol. The Hall–Kier alpha value is -0.900. The summed E-state index contributed by atoms with van der Waals surface area (Å²) in [7, 11) is 0. The third-order valence-electron chi connectivity index (χ3n) is 2.02. The van der Waals surface area contributed by atoms with Gasteiger partial charge in [0.25, 0.3) is 0 Å². The fourth-order valence-electron chi connectivity index (χ4n) is 1.12. The molecule has 78 valence electrons. The van der Waals surface area contributed by atoms with E-state index in [-0.39, 0.29) is 6.61 Å². The van der Waals surface area contributed by atoms with Crippen molar-refractivity contribution in [3.8, 4) is 0 Å². The van der Waals surface area contributed by atoms with Gasteiger partial charge in [0.1, 0.15) is 6.10 Å². The summed E-state index contributed by atoms with van der Waals surface area (Å²) >= 11 is 0. The van der Waals surface area contributed by atoms with Gasteiger partial charge in [-0.1, -0.05) is 30.3 Å². The van der Waals surface area contributed by atoms with Crippen LogP contribution in [0.15, 0.2) is 30.3 Å². The van der Waals surface area contributed by atoms with Crippen LogP contribution in [-0.2, 0) is 11.3 Å². The largest absolute Gasteiger partial charge is 0.394 e. The predicted molar refractivity (Wildman–Crippen MR) is 53.8 cm³/mol. The van der Waals surface area contributed by atoms with E-state index in [2.05, 4.69) is 0 Å². The fourth-order valence-corrected chi connectivity index (χ4v) is 1.12. The molecular weight excluding hydrogens is 180 g/mol. The van der Waals surface area contributed by atoms with E-state index in [1.807, 2.05) is 30.3 Å². The molecule has 14 heavy (non-hydrogen) atoms. The molecule has 3 heteroatoms. The maximum Gasteiger partial charge on any atom is 0.107 e. The Bertz CT molecular complexity index is 246. The van der Waals surface area contributed by atoms with Gasteiger partial charge in [0, 0.05) is 0 Å². The number of benzene rings is 1. The summed E-state index contributed by atoms with van der Waals surface area (Å²) in [5.41, 5.74) is 1.03. The summed E-state index contributed by atoms with van der Waals surface area (Å²) in [5.74, 6) is 0. The van der Waals surface area contributed by atoms with Crippen LogP contribution in [0.1, 0.15) is 12.5 Å². The molecule has 3 nitrogen and oxygen atoms in total.